The minimum absolute atomic E-state index is 0.0269. The molecule has 0 fully saturated rings. The first-order chi connectivity index (χ1) is 10.3. The van der Waals surface area contributed by atoms with Gasteiger partial charge in [0.05, 0.1) is 19.8 Å². The van der Waals surface area contributed by atoms with Gasteiger partial charge < -0.3 is 14.8 Å². The molecule has 1 unspecified atom stereocenters. The minimum Gasteiger partial charge on any atom is -0.494 e. The molecule has 0 aliphatic carbocycles. The van der Waals surface area contributed by atoms with Crippen molar-refractivity contribution in [2.45, 2.75) is 19.9 Å². The third kappa shape index (κ3) is 3.73. The van der Waals surface area contributed by atoms with Gasteiger partial charge in [-0.3, -0.25) is 0 Å². The zero-order chi connectivity index (χ0) is 15.1. The van der Waals surface area contributed by atoms with Gasteiger partial charge in [-0.1, -0.05) is 25.1 Å². The van der Waals surface area contributed by atoms with E-state index in [9.17, 15) is 0 Å². The molecule has 0 amide bonds. The van der Waals surface area contributed by atoms with E-state index in [0.29, 0.717) is 12.5 Å². The predicted molar refractivity (Wildman–Crippen MR) is 83.9 cm³/mol. The molecule has 0 saturated heterocycles. The van der Waals surface area contributed by atoms with E-state index in [2.05, 4.69) is 29.4 Å². The molecule has 1 N–H and O–H groups in total. The second kappa shape index (κ2) is 7.64. The third-order valence-corrected chi connectivity index (χ3v) is 3.22. The van der Waals surface area contributed by atoms with Gasteiger partial charge in [-0.15, -0.1) is 0 Å². The molecular weight excluding hydrogens is 264 g/mol. The molecular formula is C17H22N2O2. The first-order valence-electron chi connectivity index (χ1n) is 7.25. The lowest BCUT2D eigenvalue weighted by Crippen LogP contribution is -2.22. The van der Waals surface area contributed by atoms with Crippen molar-refractivity contribution in [1.82, 2.24) is 10.3 Å². The van der Waals surface area contributed by atoms with E-state index in [-0.39, 0.29) is 6.04 Å². The van der Waals surface area contributed by atoms with Crippen molar-refractivity contribution in [2.75, 3.05) is 20.3 Å². The highest BCUT2D eigenvalue weighted by Crippen LogP contribution is 2.29. The average Bonchev–Trinajstić information content (AvgIpc) is 2.53. The normalized spacial score (nSPS) is 12.0. The number of ether oxygens (including phenoxy) is 2. The number of aromatic nitrogens is 1. The van der Waals surface area contributed by atoms with Crippen LogP contribution in [0.5, 0.6) is 11.6 Å². The van der Waals surface area contributed by atoms with Crippen LogP contribution in [0.3, 0.4) is 0 Å². The fraction of sp³-hybridized carbons (Fsp3) is 0.353. The number of benzene rings is 1. The van der Waals surface area contributed by atoms with Crippen LogP contribution in [0.2, 0.25) is 0 Å². The van der Waals surface area contributed by atoms with Crippen LogP contribution in [-0.4, -0.2) is 25.2 Å². The Labute approximate surface area is 126 Å². The Morgan fingerprint density at radius 2 is 2.05 bits per heavy atom. The molecule has 2 aromatic rings. The van der Waals surface area contributed by atoms with E-state index in [1.165, 1.54) is 0 Å². The lowest BCUT2D eigenvalue weighted by molar-refractivity contribution is 0.339. The maximum absolute atomic E-state index is 5.59. The summed E-state index contributed by atoms with van der Waals surface area (Å²) in [6.45, 7) is 5.58. The lowest BCUT2D eigenvalue weighted by Gasteiger charge is -2.21. The third-order valence-electron chi connectivity index (χ3n) is 3.22. The number of rotatable bonds is 7. The molecule has 0 aliphatic heterocycles. The molecule has 0 spiro atoms. The molecule has 4 heteroatoms. The van der Waals surface area contributed by atoms with Gasteiger partial charge in [0.15, 0.2) is 0 Å². The number of hydrogen-bond donors (Lipinski definition) is 1. The van der Waals surface area contributed by atoms with Crippen molar-refractivity contribution in [3.8, 4) is 11.6 Å². The van der Waals surface area contributed by atoms with Gasteiger partial charge in [0.1, 0.15) is 5.75 Å². The van der Waals surface area contributed by atoms with Gasteiger partial charge in [-0.25, -0.2) is 4.98 Å². The van der Waals surface area contributed by atoms with Gasteiger partial charge >= 0.3 is 0 Å². The summed E-state index contributed by atoms with van der Waals surface area (Å²) < 4.78 is 11.0. The van der Waals surface area contributed by atoms with Crippen LogP contribution in [0.15, 0.2) is 42.6 Å². The van der Waals surface area contributed by atoms with Gasteiger partial charge in [-0.05, 0) is 37.2 Å². The largest absolute Gasteiger partial charge is 0.494 e. The Bertz CT molecular complexity index is 572. The monoisotopic (exact) mass is 286 g/mol. The fourth-order valence-corrected chi connectivity index (χ4v) is 2.36. The predicted octanol–water partition coefficient (Wildman–Crippen LogP) is 3.19. The Morgan fingerprint density at radius 1 is 1.19 bits per heavy atom. The van der Waals surface area contributed by atoms with Crippen LogP contribution < -0.4 is 14.8 Å². The number of pyridine rings is 1. The molecule has 21 heavy (non-hydrogen) atoms. The average molecular weight is 286 g/mol. The van der Waals surface area contributed by atoms with Crippen LogP contribution in [0.25, 0.3) is 0 Å². The second-order valence-corrected chi connectivity index (χ2v) is 4.60. The lowest BCUT2D eigenvalue weighted by atomic mass is 9.99. The summed E-state index contributed by atoms with van der Waals surface area (Å²) in [5, 5.41) is 3.48. The first-order valence-corrected chi connectivity index (χ1v) is 7.25. The van der Waals surface area contributed by atoms with Gasteiger partial charge in [0.2, 0.25) is 5.88 Å². The first kappa shape index (κ1) is 15.3. The van der Waals surface area contributed by atoms with E-state index in [1.807, 2.05) is 31.2 Å². The highest BCUT2D eigenvalue weighted by molar-refractivity contribution is 5.40. The zero-order valence-electron chi connectivity index (χ0n) is 12.8. The van der Waals surface area contributed by atoms with Crippen LogP contribution in [0.4, 0.5) is 0 Å². The summed E-state index contributed by atoms with van der Waals surface area (Å²) >= 11 is 0. The molecule has 0 aliphatic rings. The second-order valence-electron chi connectivity index (χ2n) is 4.60. The Balaban J connectivity index is 2.40. The number of methoxy groups -OCH3 is 1. The Morgan fingerprint density at radius 3 is 2.76 bits per heavy atom. The van der Waals surface area contributed by atoms with Gasteiger partial charge in [0, 0.05) is 11.8 Å². The molecule has 0 radical (unpaired) electrons. The van der Waals surface area contributed by atoms with Crippen molar-refractivity contribution in [1.29, 1.82) is 0 Å². The van der Waals surface area contributed by atoms with E-state index < -0.39 is 0 Å². The van der Waals surface area contributed by atoms with Gasteiger partial charge in [0.25, 0.3) is 0 Å². The number of nitrogens with one attached hydrogen (secondary N) is 1. The smallest absolute Gasteiger partial charge is 0.218 e. The van der Waals surface area contributed by atoms with E-state index in [0.717, 1.165) is 23.4 Å². The quantitative estimate of drug-likeness (QED) is 0.849. The topological polar surface area (TPSA) is 43.4 Å². The van der Waals surface area contributed by atoms with Crippen LogP contribution in [0, 0.1) is 0 Å². The number of hydrogen-bond acceptors (Lipinski definition) is 4. The summed E-state index contributed by atoms with van der Waals surface area (Å²) in [7, 11) is 1.64. The van der Waals surface area contributed by atoms with Crippen LogP contribution in [-0.2, 0) is 0 Å². The standard InChI is InChI=1S/C17H22N2O2/c1-4-18-16(15-10-7-11-19-17(15)20-3)13-8-6-9-14(12-13)21-5-2/h6-12,16,18H,4-5H2,1-3H3. The molecule has 1 aromatic carbocycles. The molecule has 1 atom stereocenters. The summed E-state index contributed by atoms with van der Waals surface area (Å²) in [5.41, 5.74) is 2.16. The molecule has 0 saturated carbocycles. The Hall–Kier alpha value is -2.07. The maximum Gasteiger partial charge on any atom is 0.218 e. The Kier molecular flexibility index (Phi) is 5.58. The molecule has 2 rings (SSSR count). The molecule has 112 valence electrons. The molecule has 1 heterocycles. The molecule has 0 bridgehead atoms. The highest BCUT2D eigenvalue weighted by atomic mass is 16.5. The van der Waals surface area contributed by atoms with Crippen molar-refractivity contribution < 1.29 is 9.47 Å². The zero-order valence-corrected chi connectivity index (χ0v) is 12.8. The minimum atomic E-state index is 0.0269. The summed E-state index contributed by atoms with van der Waals surface area (Å²) in [4.78, 5) is 4.29. The number of nitrogens with zero attached hydrogens (tertiary/aromatic N) is 1. The van der Waals surface area contributed by atoms with Crippen molar-refractivity contribution in [3.05, 3.63) is 53.7 Å². The summed E-state index contributed by atoms with van der Waals surface area (Å²) in [6.07, 6.45) is 1.74. The fourth-order valence-electron chi connectivity index (χ4n) is 2.36. The molecule has 4 nitrogen and oxygen atoms in total. The van der Waals surface area contributed by atoms with Gasteiger partial charge in [-0.2, -0.15) is 0 Å². The van der Waals surface area contributed by atoms with Crippen molar-refractivity contribution >= 4 is 0 Å². The van der Waals surface area contributed by atoms with E-state index >= 15 is 0 Å². The SMILES string of the molecule is CCNC(c1cccc(OCC)c1)c1cccnc1OC. The van der Waals surface area contributed by atoms with E-state index in [1.54, 1.807) is 13.3 Å². The molecule has 1 aromatic heterocycles. The van der Waals surface area contributed by atoms with E-state index in [4.69, 9.17) is 9.47 Å². The highest BCUT2D eigenvalue weighted by Gasteiger charge is 2.18. The van der Waals surface area contributed by atoms with Crippen LogP contribution >= 0.6 is 0 Å². The summed E-state index contributed by atoms with van der Waals surface area (Å²) in [6, 6.07) is 12.1. The van der Waals surface area contributed by atoms with Crippen molar-refractivity contribution in [2.24, 2.45) is 0 Å². The maximum atomic E-state index is 5.59. The summed E-state index contributed by atoms with van der Waals surface area (Å²) in [5.74, 6) is 1.52. The van der Waals surface area contributed by atoms with Crippen LogP contribution in [0.1, 0.15) is 31.0 Å². The van der Waals surface area contributed by atoms with Crippen molar-refractivity contribution in [3.63, 3.8) is 0 Å².